The van der Waals surface area contributed by atoms with E-state index >= 15 is 0 Å². The fourth-order valence-corrected chi connectivity index (χ4v) is 11.8. The van der Waals surface area contributed by atoms with Crippen molar-refractivity contribution in [3.05, 3.63) is 75.3 Å². The minimum Gasteiger partial charge on any atom is -0.495 e. The molecule has 0 saturated carbocycles. The number of Topliss-reactive ketones (excluding diaryl/α,β-unsaturated/α-hetero) is 3. The highest BCUT2D eigenvalue weighted by Gasteiger charge is 2.64. The molecule has 2 aromatic rings. The number of carbonyl (C=O) groups excluding carboxylic acids is 8. The second-order valence-corrected chi connectivity index (χ2v) is 23.9. The Hall–Kier alpha value is -5.86. The second kappa shape index (κ2) is 31.3. The first-order valence-corrected chi connectivity index (χ1v) is 29.8. The van der Waals surface area contributed by atoms with Crippen molar-refractivity contribution in [3.8, 4) is 5.75 Å². The third kappa shape index (κ3) is 19.1. The molecule has 3 aliphatic heterocycles. The number of anilines is 2. The normalized spacial score (nSPS) is 24.5. The summed E-state index contributed by atoms with van der Waals surface area (Å²) in [6.07, 6.45) is 6.09. The molecule has 6 N–H and O–H groups in total. The Morgan fingerprint density at radius 1 is 0.964 bits per heavy atom. The highest BCUT2D eigenvalue weighted by molar-refractivity contribution is 6.35. The number of nitrogens with one attached hydrogen (secondary N) is 3. The number of allylic oxidation sites excluding steroid dienone is 3. The molecule has 5 rings (SSSR count). The molecule has 0 aromatic heterocycles. The number of fused-ring (bicyclic) bond motifs is 5. The zero-order chi connectivity index (χ0) is 61.3. The minimum absolute atomic E-state index is 0.000896. The number of epoxide rings is 1. The number of aliphatic hydroxyl groups is 1. The lowest BCUT2D eigenvalue weighted by molar-refractivity contribution is -0.187. The van der Waals surface area contributed by atoms with Crippen LogP contribution >= 0.6 is 23.2 Å². The Bertz CT molecular complexity index is 2710. The molecule has 5 amide bonds. The zero-order valence-electron chi connectivity index (χ0n) is 49.9. The Balaban J connectivity index is 1.31. The number of rotatable bonds is 26. The maximum atomic E-state index is 14.4. The van der Waals surface area contributed by atoms with Crippen LogP contribution in [-0.4, -0.2) is 122 Å². The highest BCUT2D eigenvalue weighted by Crippen LogP contribution is 2.50. The van der Waals surface area contributed by atoms with Gasteiger partial charge in [-0.3, -0.25) is 34.1 Å². The zero-order valence-corrected chi connectivity index (χ0v) is 51.4. The summed E-state index contributed by atoms with van der Waals surface area (Å²) in [5.74, 6) is -2.81. The first kappa shape index (κ1) is 67.9. The van der Waals surface area contributed by atoms with E-state index in [1.807, 2.05) is 40.7 Å². The average Bonchev–Trinajstić information content (AvgIpc) is 2.23. The molecule has 3 heterocycles. The lowest BCUT2D eigenvalue weighted by Gasteiger charge is -2.41. The minimum atomic E-state index is -1.65. The van der Waals surface area contributed by atoms with Crippen LogP contribution in [0.15, 0.2) is 54.1 Å². The van der Waals surface area contributed by atoms with E-state index in [4.69, 9.17) is 52.6 Å². The molecule has 2 aromatic carbocycles. The molecule has 83 heavy (non-hydrogen) atoms. The van der Waals surface area contributed by atoms with Crippen LogP contribution in [0.25, 0.3) is 0 Å². The fourth-order valence-electron chi connectivity index (χ4n) is 11.2. The van der Waals surface area contributed by atoms with Gasteiger partial charge in [-0.25, -0.2) is 9.59 Å². The van der Waals surface area contributed by atoms with E-state index < -0.39 is 89.8 Å². The maximum absolute atomic E-state index is 14.4. The van der Waals surface area contributed by atoms with Crippen LogP contribution in [0.3, 0.4) is 0 Å². The Kier molecular flexibility index (Phi) is 25.6. The number of nitrogens with two attached hydrogens (primary N) is 1. The van der Waals surface area contributed by atoms with E-state index in [1.165, 1.54) is 31.3 Å². The number of amides is 5. The van der Waals surface area contributed by atoms with Crippen molar-refractivity contribution in [1.82, 2.24) is 10.6 Å². The summed E-state index contributed by atoms with van der Waals surface area (Å²) in [5.41, 5.74) is 4.88. The number of ketones is 3. The quantitative estimate of drug-likeness (QED) is 0.0333. The van der Waals surface area contributed by atoms with Crippen LogP contribution in [0.4, 0.5) is 21.0 Å². The van der Waals surface area contributed by atoms with Gasteiger partial charge in [-0.2, -0.15) is 0 Å². The van der Waals surface area contributed by atoms with Crippen molar-refractivity contribution >= 4 is 81.8 Å². The summed E-state index contributed by atoms with van der Waals surface area (Å²) in [5, 5.41) is 20.3. The van der Waals surface area contributed by atoms with Crippen LogP contribution in [0.5, 0.6) is 5.75 Å². The molecule has 0 aliphatic carbocycles. The standard InChI is InChI=1S/C62H87Cl2N5O14/c1-11-41(12-2)48(71)22-16-14-13-15-20-42(70)32-43(36(3)4)58(75)67-46(21-18-26-66-59(65)76)49(72)30-39-24-25-45(44(63)28-39)68-60(77)82-53-33-54(73)69(8)47-29-40(31-50(79-9)56(47)64)27-37(5)19-17-23-52(80-10)62(78)34-51(81-55(74)35-62)38(6)57-61(53,7)83-57/h17,19,23-25,28-29,31,36,38,41,43,46,51-53,57,78H,11-16,18,20-22,26-27,30,32-35H2,1-10H3,(H,67,75)(H,68,77)(H3,65,66,76)/b23-17+,37-19+/t38-,43+,46+,51+,52-,53+,57+,61+,62-/m1/s1. The summed E-state index contributed by atoms with van der Waals surface area (Å²) >= 11 is 13.6. The van der Waals surface area contributed by atoms with Crippen molar-refractivity contribution in [2.45, 2.75) is 193 Å². The predicted octanol–water partition coefficient (Wildman–Crippen LogP) is 9.90. The number of hydrogen-bond donors (Lipinski definition) is 5. The van der Waals surface area contributed by atoms with Gasteiger partial charge in [0.05, 0.1) is 48.5 Å². The van der Waals surface area contributed by atoms with Crippen LogP contribution in [0, 0.1) is 23.7 Å². The maximum Gasteiger partial charge on any atom is 0.412 e. The number of halogens is 2. The number of methoxy groups -OCH3 is 2. The van der Waals surface area contributed by atoms with E-state index in [1.54, 1.807) is 51.2 Å². The molecule has 0 spiro atoms. The molecule has 2 fully saturated rings. The van der Waals surface area contributed by atoms with Crippen molar-refractivity contribution in [2.75, 3.05) is 38.0 Å². The molecule has 0 radical (unpaired) electrons. The predicted molar refractivity (Wildman–Crippen MR) is 317 cm³/mol. The summed E-state index contributed by atoms with van der Waals surface area (Å²) in [6.45, 7) is 13.3. The van der Waals surface area contributed by atoms with E-state index in [2.05, 4.69) is 16.0 Å². The Labute approximate surface area is 498 Å². The van der Waals surface area contributed by atoms with E-state index in [0.717, 1.165) is 43.2 Å². The van der Waals surface area contributed by atoms with Crippen molar-refractivity contribution in [3.63, 3.8) is 0 Å². The Morgan fingerprint density at radius 3 is 2.30 bits per heavy atom. The number of ether oxygens (including phenoxy) is 5. The van der Waals surface area contributed by atoms with E-state index in [-0.39, 0.29) is 77.8 Å². The van der Waals surface area contributed by atoms with Crippen molar-refractivity contribution < 1.29 is 67.1 Å². The molecule has 19 nitrogen and oxygen atoms in total. The van der Waals surface area contributed by atoms with Gasteiger partial charge < -0.3 is 50.1 Å². The smallest absolute Gasteiger partial charge is 0.412 e. The molecule has 2 saturated heterocycles. The van der Waals surface area contributed by atoms with Gasteiger partial charge in [0, 0.05) is 70.6 Å². The van der Waals surface area contributed by atoms with Gasteiger partial charge in [-0.15, -0.1) is 0 Å². The topological polar surface area (TPSA) is 272 Å². The molecule has 21 heteroatoms. The monoisotopic (exact) mass is 1200 g/mol. The number of urea groups is 1. The summed E-state index contributed by atoms with van der Waals surface area (Å²) in [4.78, 5) is 108. The number of carbonyl (C=O) groups is 8. The molecule has 9 atom stereocenters. The highest BCUT2D eigenvalue weighted by atomic mass is 35.5. The van der Waals surface area contributed by atoms with Crippen LogP contribution < -0.4 is 31.3 Å². The summed E-state index contributed by atoms with van der Waals surface area (Å²) < 4.78 is 29.6. The second-order valence-electron chi connectivity index (χ2n) is 23.1. The SMILES string of the molecule is CCC(CC)C(=O)CCCCCCC(=O)C[C@H](C(=O)N[C@@H](CCCNC(N)=O)C(=O)Cc1ccc(NC(=O)O[C@H]2CC(=O)N(C)c3cc(cc(OC)c3Cl)C/C(C)=C/C=C/[C@@H](OC)[C@]3(O)CC(=O)O[C@@H](C3)[C@@H](C)[C@@H]3O[C@@]23C)c(Cl)c1)C(C)C. The van der Waals surface area contributed by atoms with Gasteiger partial charge in [0.2, 0.25) is 11.8 Å². The van der Waals surface area contributed by atoms with Gasteiger partial charge in [0.15, 0.2) is 5.78 Å². The summed E-state index contributed by atoms with van der Waals surface area (Å²) in [7, 11) is 4.46. The third-order valence-electron chi connectivity index (χ3n) is 16.4. The lowest BCUT2D eigenvalue weighted by atomic mass is 9.78. The Morgan fingerprint density at radius 2 is 1.66 bits per heavy atom. The van der Waals surface area contributed by atoms with E-state index in [9.17, 15) is 43.5 Å². The largest absolute Gasteiger partial charge is 0.495 e. The van der Waals surface area contributed by atoms with Crippen molar-refractivity contribution in [1.29, 1.82) is 0 Å². The number of benzene rings is 2. The third-order valence-corrected chi connectivity index (χ3v) is 17.1. The van der Waals surface area contributed by atoms with Gasteiger partial charge in [-0.1, -0.05) is 101 Å². The molecule has 3 aliphatic rings. The number of primary amides is 1. The number of esters is 1. The molecule has 4 bridgehead atoms. The molecular formula is C62H87Cl2N5O14. The van der Waals surface area contributed by atoms with Gasteiger partial charge in [0.25, 0.3) is 0 Å². The number of nitrogens with zero attached hydrogens (tertiary/aromatic N) is 1. The average molecular weight is 1200 g/mol. The molecule has 0 unspecified atom stereocenters. The van der Waals surface area contributed by atoms with Crippen molar-refractivity contribution in [2.24, 2.45) is 29.4 Å². The van der Waals surface area contributed by atoms with Crippen LogP contribution in [0.1, 0.15) is 149 Å². The first-order valence-electron chi connectivity index (χ1n) is 29.0. The molecular weight excluding hydrogens is 1110 g/mol. The van der Waals surface area contributed by atoms with Crippen LogP contribution in [0.2, 0.25) is 10.0 Å². The number of hydrogen-bond acceptors (Lipinski definition) is 14. The lowest BCUT2D eigenvalue weighted by Crippen LogP contribution is -2.53. The summed E-state index contributed by atoms with van der Waals surface area (Å²) in [6, 6.07) is 6.35. The molecule has 458 valence electrons. The first-order chi connectivity index (χ1) is 39.3. The van der Waals surface area contributed by atoms with Gasteiger partial charge in [0.1, 0.15) is 51.9 Å². The van der Waals surface area contributed by atoms with E-state index in [0.29, 0.717) is 54.9 Å². The van der Waals surface area contributed by atoms with Gasteiger partial charge >= 0.3 is 18.1 Å². The van der Waals surface area contributed by atoms with Crippen LogP contribution in [-0.2, 0) is 60.6 Å². The fraction of sp³-hybridized carbons (Fsp3) is 0.613. The van der Waals surface area contributed by atoms with Gasteiger partial charge in [-0.05, 0) is 100 Å². The number of unbranched alkanes of at least 4 members (excludes halogenated alkanes) is 3.